The van der Waals surface area contributed by atoms with Crippen molar-refractivity contribution in [2.75, 3.05) is 18.4 Å². The number of likely N-dealkylation sites (tertiary alicyclic amines) is 1. The fraction of sp³-hybridized carbons (Fsp3) is 0.650. The van der Waals surface area contributed by atoms with Crippen LogP contribution in [-0.4, -0.2) is 40.2 Å². The average molecular weight is 375 g/mol. The van der Waals surface area contributed by atoms with Crippen LogP contribution in [-0.2, 0) is 9.53 Å². The number of anilines is 1. The summed E-state index contributed by atoms with van der Waals surface area (Å²) in [5.74, 6) is -0.116. The Kier molecular flexibility index (Phi) is 5.06. The highest BCUT2D eigenvalue weighted by atomic mass is 16.6. The minimum Gasteiger partial charge on any atom is -0.444 e. The Morgan fingerprint density at radius 3 is 2.37 bits per heavy atom. The number of hydrogen-bond acceptors (Lipinski definition) is 4. The van der Waals surface area contributed by atoms with Crippen molar-refractivity contribution in [3.63, 3.8) is 0 Å². The third-order valence-electron chi connectivity index (χ3n) is 5.21. The molecule has 1 aliphatic carbocycles. The Balaban J connectivity index is 1.58. The predicted octanol–water partition coefficient (Wildman–Crippen LogP) is 3.16. The lowest BCUT2D eigenvalue weighted by Gasteiger charge is -2.38. The van der Waals surface area contributed by atoms with Gasteiger partial charge < -0.3 is 19.5 Å². The van der Waals surface area contributed by atoms with Gasteiger partial charge in [-0.15, -0.1) is 0 Å². The number of amides is 2. The maximum Gasteiger partial charge on any atom is 0.410 e. The maximum atomic E-state index is 12.8. The molecule has 2 amide bonds. The van der Waals surface area contributed by atoms with E-state index in [0.29, 0.717) is 37.7 Å². The molecule has 2 fully saturated rings. The molecule has 1 saturated carbocycles. The number of hydrogen-bond donors (Lipinski definition) is 1. The Morgan fingerprint density at radius 1 is 1.22 bits per heavy atom. The van der Waals surface area contributed by atoms with Gasteiger partial charge in [-0.25, -0.2) is 4.79 Å². The monoisotopic (exact) mass is 375 g/mol. The quantitative estimate of drug-likeness (QED) is 0.880. The van der Waals surface area contributed by atoms with Gasteiger partial charge in [0, 0.05) is 37.1 Å². The molecule has 1 aromatic rings. The molecule has 1 N–H and O–H groups in total. The molecule has 0 unspecified atom stereocenters. The van der Waals surface area contributed by atoms with Crippen molar-refractivity contribution in [1.82, 2.24) is 9.47 Å². The number of carbonyl (C=O) groups is 2. The summed E-state index contributed by atoms with van der Waals surface area (Å²) in [6, 6.07) is 3.57. The van der Waals surface area contributed by atoms with Gasteiger partial charge in [-0.1, -0.05) is 6.92 Å². The van der Waals surface area contributed by atoms with Crippen molar-refractivity contribution < 1.29 is 14.3 Å². The summed E-state index contributed by atoms with van der Waals surface area (Å²) in [5.41, 5.74) is -0.669. The summed E-state index contributed by atoms with van der Waals surface area (Å²) in [5, 5.41) is 2.87. The molecule has 7 heteroatoms. The second kappa shape index (κ2) is 7.02. The van der Waals surface area contributed by atoms with Crippen LogP contribution < -0.4 is 10.9 Å². The molecule has 0 spiro atoms. The van der Waals surface area contributed by atoms with Gasteiger partial charge >= 0.3 is 6.09 Å². The summed E-state index contributed by atoms with van der Waals surface area (Å²) < 4.78 is 7.12. The molecule has 1 aromatic heterocycles. The van der Waals surface area contributed by atoms with Crippen LogP contribution in [0.1, 0.15) is 59.4 Å². The molecule has 2 aliphatic rings. The summed E-state index contributed by atoms with van der Waals surface area (Å²) in [6.07, 6.45) is 4.60. The highest BCUT2D eigenvalue weighted by Gasteiger charge is 2.39. The van der Waals surface area contributed by atoms with Gasteiger partial charge in [0.25, 0.3) is 5.56 Å². The lowest BCUT2D eigenvalue weighted by Crippen LogP contribution is -2.48. The van der Waals surface area contributed by atoms with Crippen molar-refractivity contribution >= 4 is 17.7 Å². The van der Waals surface area contributed by atoms with Crippen LogP contribution in [0.5, 0.6) is 0 Å². The fourth-order valence-corrected chi connectivity index (χ4v) is 3.24. The topological polar surface area (TPSA) is 80.6 Å². The van der Waals surface area contributed by atoms with Crippen LogP contribution in [0.3, 0.4) is 0 Å². The zero-order valence-electron chi connectivity index (χ0n) is 16.6. The first-order valence-electron chi connectivity index (χ1n) is 9.59. The van der Waals surface area contributed by atoms with E-state index in [0.717, 1.165) is 12.8 Å². The molecule has 3 rings (SSSR count). The molecule has 0 bridgehead atoms. The molecule has 1 aliphatic heterocycles. The number of piperidine rings is 1. The Labute approximate surface area is 159 Å². The van der Waals surface area contributed by atoms with Gasteiger partial charge in [0.05, 0.1) is 5.41 Å². The summed E-state index contributed by atoms with van der Waals surface area (Å²) >= 11 is 0. The van der Waals surface area contributed by atoms with E-state index >= 15 is 0 Å². The lowest BCUT2D eigenvalue weighted by molar-refractivity contribution is -0.127. The second-order valence-corrected chi connectivity index (χ2v) is 8.87. The van der Waals surface area contributed by atoms with E-state index < -0.39 is 11.0 Å². The highest BCUT2D eigenvalue weighted by molar-refractivity contribution is 5.95. The maximum absolute atomic E-state index is 12.8. The third kappa shape index (κ3) is 4.70. The first-order valence-corrected chi connectivity index (χ1v) is 9.59. The first kappa shape index (κ1) is 19.5. The first-order chi connectivity index (χ1) is 12.6. The number of ether oxygens (including phenoxy) is 1. The third-order valence-corrected chi connectivity index (χ3v) is 5.21. The van der Waals surface area contributed by atoms with Crippen molar-refractivity contribution in [3.05, 3.63) is 28.7 Å². The summed E-state index contributed by atoms with van der Waals surface area (Å²) in [4.78, 5) is 38.8. The van der Waals surface area contributed by atoms with Crippen LogP contribution in [0.25, 0.3) is 0 Å². The van der Waals surface area contributed by atoms with Gasteiger partial charge in [-0.05, 0) is 52.5 Å². The van der Waals surface area contributed by atoms with Crippen molar-refractivity contribution in [2.24, 2.45) is 5.41 Å². The van der Waals surface area contributed by atoms with Crippen LogP contribution in [0.2, 0.25) is 0 Å². The molecule has 148 valence electrons. The Hall–Kier alpha value is -2.31. The van der Waals surface area contributed by atoms with Crippen LogP contribution in [0, 0.1) is 5.41 Å². The Morgan fingerprint density at radius 2 is 1.85 bits per heavy atom. The van der Waals surface area contributed by atoms with Crippen LogP contribution >= 0.6 is 0 Å². The molecule has 0 atom stereocenters. The smallest absolute Gasteiger partial charge is 0.410 e. The molecule has 27 heavy (non-hydrogen) atoms. The molecule has 0 radical (unpaired) electrons. The molecule has 0 aromatic carbocycles. The van der Waals surface area contributed by atoms with Crippen molar-refractivity contribution in [3.8, 4) is 0 Å². The molecule has 7 nitrogen and oxygen atoms in total. The van der Waals surface area contributed by atoms with E-state index in [9.17, 15) is 14.4 Å². The number of nitrogens with one attached hydrogen (secondary N) is 1. The zero-order chi connectivity index (χ0) is 19.8. The van der Waals surface area contributed by atoms with E-state index in [1.807, 2.05) is 27.7 Å². The fourth-order valence-electron chi connectivity index (χ4n) is 3.24. The van der Waals surface area contributed by atoms with Crippen molar-refractivity contribution in [2.45, 2.75) is 65.0 Å². The van der Waals surface area contributed by atoms with Crippen molar-refractivity contribution in [1.29, 1.82) is 0 Å². The number of carbonyl (C=O) groups excluding carboxylic acids is 2. The average Bonchev–Trinajstić information content (AvgIpc) is 3.38. The molecular weight excluding hydrogens is 346 g/mol. The van der Waals surface area contributed by atoms with Gasteiger partial charge in [-0.3, -0.25) is 9.59 Å². The number of pyridine rings is 1. The minimum atomic E-state index is -0.579. The molecule has 1 saturated heterocycles. The van der Waals surface area contributed by atoms with Gasteiger partial charge in [0.2, 0.25) is 5.91 Å². The van der Waals surface area contributed by atoms with E-state index in [1.165, 1.54) is 6.07 Å². The van der Waals surface area contributed by atoms with Gasteiger partial charge in [0.15, 0.2) is 0 Å². The van der Waals surface area contributed by atoms with E-state index in [2.05, 4.69) is 5.32 Å². The summed E-state index contributed by atoms with van der Waals surface area (Å²) in [7, 11) is 0. The zero-order valence-corrected chi connectivity index (χ0v) is 16.6. The number of aromatic nitrogens is 1. The van der Waals surface area contributed by atoms with E-state index in [1.54, 1.807) is 21.7 Å². The summed E-state index contributed by atoms with van der Waals surface area (Å²) in [6.45, 7) is 8.36. The SMILES string of the molecule is CC(C)(C)OC(=O)N1CCC(C)(C(=O)Nc2ccn(C3CC3)c(=O)c2)CC1. The van der Waals surface area contributed by atoms with Crippen LogP contribution in [0.15, 0.2) is 23.1 Å². The predicted molar refractivity (Wildman–Crippen MR) is 103 cm³/mol. The molecule has 2 heterocycles. The highest BCUT2D eigenvalue weighted by Crippen LogP contribution is 2.34. The van der Waals surface area contributed by atoms with Gasteiger partial charge in [0.1, 0.15) is 5.60 Å². The normalized spacial score (nSPS) is 19.5. The Bertz CT molecular complexity index is 781. The minimum absolute atomic E-state index is 0.0831. The van der Waals surface area contributed by atoms with Crippen LogP contribution in [0.4, 0.5) is 10.5 Å². The molecular formula is C20H29N3O4. The number of rotatable bonds is 3. The largest absolute Gasteiger partial charge is 0.444 e. The number of nitrogens with zero attached hydrogens (tertiary/aromatic N) is 2. The lowest BCUT2D eigenvalue weighted by atomic mass is 9.79. The van der Waals surface area contributed by atoms with Gasteiger partial charge in [-0.2, -0.15) is 0 Å². The standard InChI is InChI=1S/C20H29N3O4/c1-19(2,3)27-18(26)22-11-8-20(4,9-12-22)17(25)21-14-7-10-23(15-5-6-15)16(24)13-14/h7,10,13,15H,5-6,8-9,11-12H2,1-4H3,(H,21,25). The second-order valence-electron chi connectivity index (χ2n) is 8.87. The van der Waals surface area contributed by atoms with E-state index in [4.69, 9.17) is 4.74 Å². The van der Waals surface area contributed by atoms with E-state index in [-0.39, 0.29) is 17.6 Å².